The monoisotopic (exact) mass is 344 g/mol. The predicted octanol–water partition coefficient (Wildman–Crippen LogP) is 2.26. The lowest BCUT2D eigenvalue weighted by molar-refractivity contribution is 0.239. The highest BCUT2D eigenvalue weighted by Gasteiger charge is 2.08. The van der Waals surface area contributed by atoms with Gasteiger partial charge in [-0.2, -0.15) is 0 Å². The number of ether oxygens (including phenoxy) is 1. The molecule has 0 aliphatic heterocycles. The Morgan fingerprint density at radius 1 is 1.28 bits per heavy atom. The maximum atomic E-state index is 5.92. The number of guanidine groups is 1. The Balaban J connectivity index is 1.97. The zero-order valence-corrected chi connectivity index (χ0v) is 15.7. The summed E-state index contributed by atoms with van der Waals surface area (Å²) in [6.07, 6.45) is 1.87. The molecule has 2 aromatic rings. The van der Waals surface area contributed by atoms with Gasteiger partial charge in [-0.1, -0.05) is 12.1 Å². The highest BCUT2D eigenvalue weighted by Crippen LogP contribution is 2.21. The molecule has 136 valence electrons. The van der Waals surface area contributed by atoms with Gasteiger partial charge < -0.3 is 19.9 Å². The summed E-state index contributed by atoms with van der Waals surface area (Å²) in [5.41, 5.74) is 2.28. The molecule has 2 N–H and O–H groups in total. The molecule has 0 fully saturated rings. The Labute approximate surface area is 149 Å². The quantitative estimate of drug-likeness (QED) is 0.595. The molecule has 2 rings (SSSR count). The number of nitrogens with zero attached hydrogens (tertiary/aromatic N) is 4. The Morgan fingerprint density at radius 2 is 2.04 bits per heavy atom. The fourth-order valence-corrected chi connectivity index (χ4v) is 2.41. The van der Waals surface area contributed by atoms with Gasteiger partial charge in [-0.05, 0) is 39.3 Å². The van der Waals surface area contributed by atoms with E-state index in [4.69, 9.17) is 4.74 Å². The molecule has 1 aromatic carbocycles. The van der Waals surface area contributed by atoms with E-state index in [1.807, 2.05) is 18.4 Å². The fraction of sp³-hybridized carbons (Fsp3) is 0.500. The van der Waals surface area contributed by atoms with Crippen molar-refractivity contribution in [2.75, 3.05) is 7.05 Å². The number of nitrogens with one attached hydrogen (secondary N) is 2. The minimum atomic E-state index is 0.137. The number of rotatable bonds is 7. The average molecular weight is 344 g/mol. The van der Waals surface area contributed by atoms with E-state index in [9.17, 15) is 0 Å². The molecular weight excluding hydrogens is 316 g/mol. The molecule has 7 nitrogen and oxygen atoms in total. The van der Waals surface area contributed by atoms with Crippen LogP contribution in [0.5, 0.6) is 5.75 Å². The molecule has 0 atom stereocenters. The van der Waals surface area contributed by atoms with Crippen molar-refractivity contribution in [1.29, 1.82) is 0 Å². The molecule has 7 heteroatoms. The molecule has 0 amide bonds. The normalized spacial score (nSPS) is 11.7. The minimum Gasteiger partial charge on any atom is -0.491 e. The van der Waals surface area contributed by atoms with Crippen LogP contribution in [0, 0.1) is 6.92 Å². The lowest BCUT2D eigenvalue weighted by atomic mass is 10.1. The molecule has 0 unspecified atom stereocenters. The van der Waals surface area contributed by atoms with Gasteiger partial charge >= 0.3 is 0 Å². The van der Waals surface area contributed by atoms with E-state index in [0.717, 1.165) is 23.7 Å². The summed E-state index contributed by atoms with van der Waals surface area (Å²) in [6.45, 7) is 10.2. The van der Waals surface area contributed by atoms with Crippen LogP contribution in [0.4, 0.5) is 0 Å². The molecule has 0 aliphatic rings. The highest BCUT2D eigenvalue weighted by atomic mass is 16.5. The Bertz CT molecular complexity index is 707. The van der Waals surface area contributed by atoms with Gasteiger partial charge in [-0.15, -0.1) is 10.2 Å². The number of hydrogen-bond acceptors (Lipinski definition) is 4. The van der Waals surface area contributed by atoms with Gasteiger partial charge in [0.15, 0.2) is 11.8 Å². The number of aromatic nitrogens is 3. The van der Waals surface area contributed by atoms with Gasteiger partial charge in [0.05, 0.1) is 12.6 Å². The van der Waals surface area contributed by atoms with Crippen molar-refractivity contribution in [2.24, 2.45) is 4.99 Å². The van der Waals surface area contributed by atoms with Crippen LogP contribution in [0.1, 0.15) is 37.7 Å². The number of benzene rings is 1. The van der Waals surface area contributed by atoms with E-state index >= 15 is 0 Å². The fourth-order valence-electron chi connectivity index (χ4n) is 2.41. The van der Waals surface area contributed by atoms with Gasteiger partial charge in [-0.3, -0.25) is 4.99 Å². The second-order valence-corrected chi connectivity index (χ2v) is 6.09. The molecule has 0 saturated heterocycles. The smallest absolute Gasteiger partial charge is 0.191 e. The summed E-state index contributed by atoms with van der Waals surface area (Å²) in [5.74, 6) is 2.50. The standard InChI is InChI=1S/C18H28N6O/c1-6-24-12-22-23-17(24)11-21-18(19-5)20-10-15-8-7-14(4)9-16(15)25-13(2)3/h7-9,12-13H,6,10-11H2,1-5H3,(H2,19,20,21). The first kappa shape index (κ1) is 18.8. The SMILES string of the molecule is CCn1cnnc1CNC(=NC)NCc1ccc(C)cc1OC(C)C. The van der Waals surface area contributed by atoms with Gasteiger partial charge in [0.25, 0.3) is 0 Å². The van der Waals surface area contributed by atoms with Crippen LogP contribution in [0.15, 0.2) is 29.5 Å². The molecule has 0 saturated carbocycles. The molecule has 0 bridgehead atoms. The maximum Gasteiger partial charge on any atom is 0.191 e. The lowest BCUT2D eigenvalue weighted by Gasteiger charge is -2.17. The van der Waals surface area contributed by atoms with Crippen LogP contribution >= 0.6 is 0 Å². The Hall–Kier alpha value is -2.57. The van der Waals surface area contributed by atoms with E-state index in [1.54, 1.807) is 13.4 Å². The van der Waals surface area contributed by atoms with Crippen molar-refractivity contribution >= 4 is 5.96 Å². The van der Waals surface area contributed by atoms with Crippen molar-refractivity contribution in [3.8, 4) is 5.75 Å². The zero-order chi connectivity index (χ0) is 18.2. The first-order valence-corrected chi connectivity index (χ1v) is 8.60. The largest absolute Gasteiger partial charge is 0.491 e. The molecule has 0 aliphatic carbocycles. The summed E-state index contributed by atoms with van der Waals surface area (Å²) in [7, 11) is 1.75. The number of aliphatic imine (C=N–C) groups is 1. The predicted molar refractivity (Wildman–Crippen MR) is 99.7 cm³/mol. The Morgan fingerprint density at radius 3 is 2.72 bits per heavy atom. The van der Waals surface area contributed by atoms with Crippen LogP contribution in [0.2, 0.25) is 0 Å². The molecular formula is C18H28N6O. The highest BCUT2D eigenvalue weighted by molar-refractivity contribution is 5.79. The summed E-state index contributed by atoms with van der Waals surface area (Å²) >= 11 is 0. The molecule has 0 spiro atoms. The second kappa shape index (κ2) is 9.05. The van der Waals surface area contributed by atoms with Gasteiger partial charge in [0.1, 0.15) is 12.1 Å². The first-order chi connectivity index (χ1) is 12.0. The van der Waals surface area contributed by atoms with E-state index in [-0.39, 0.29) is 6.10 Å². The van der Waals surface area contributed by atoms with Crippen LogP contribution in [-0.2, 0) is 19.6 Å². The summed E-state index contributed by atoms with van der Waals surface area (Å²) in [5, 5.41) is 14.6. The Kier molecular flexibility index (Phi) is 6.80. The first-order valence-electron chi connectivity index (χ1n) is 8.60. The van der Waals surface area contributed by atoms with Crippen molar-refractivity contribution in [3.05, 3.63) is 41.5 Å². The van der Waals surface area contributed by atoms with E-state index in [0.29, 0.717) is 19.0 Å². The van der Waals surface area contributed by atoms with E-state index in [2.05, 4.69) is 57.9 Å². The van der Waals surface area contributed by atoms with Gasteiger partial charge in [0, 0.05) is 25.7 Å². The third-order valence-electron chi connectivity index (χ3n) is 3.71. The summed E-state index contributed by atoms with van der Waals surface area (Å²) in [4.78, 5) is 4.26. The molecule has 1 heterocycles. The topological polar surface area (TPSA) is 76.4 Å². The van der Waals surface area contributed by atoms with Crippen LogP contribution < -0.4 is 15.4 Å². The van der Waals surface area contributed by atoms with Crippen molar-refractivity contribution in [2.45, 2.75) is 53.4 Å². The van der Waals surface area contributed by atoms with Crippen LogP contribution in [0.3, 0.4) is 0 Å². The van der Waals surface area contributed by atoms with Crippen LogP contribution in [0.25, 0.3) is 0 Å². The maximum absolute atomic E-state index is 5.92. The minimum absolute atomic E-state index is 0.137. The zero-order valence-electron chi connectivity index (χ0n) is 15.7. The van der Waals surface area contributed by atoms with Crippen molar-refractivity contribution in [1.82, 2.24) is 25.4 Å². The number of hydrogen-bond donors (Lipinski definition) is 2. The van der Waals surface area contributed by atoms with Crippen LogP contribution in [-0.4, -0.2) is 33.9 Å². The van der Waals surface area contributed by atoms with Gasteiger partial charge in [-0.25, -0.2) is 0 Å². The van der Waals surface area contributed by atoms with Crippen molar-refractivity contribution < 1.29 is 4.74 Å². The second-order valence-electron chi connectivity index (χ2n) is 6.09. The molecule has 25 heavy (non-hydrogen) atoms. The molecule has 1 aromatic heterocycles. The average Bonchev–Trinajstić information content (AvgIpc) is 3.03. The third-order valence-corrected chi connectivity index (χ3v) is 3.71. The van der Waals surface area contributed by atoms with Gasteiger partial charge in [0.2, 0.25) is 0 Å². The summed E-state index contributed by atoms with van der Waals surface area (Å²) < 4.78 is 7.91. The van der Waals surface area contributed by atoms with Crippen molar-refractivity contribution in [3.63, 3.8) is 0 Å². The summed E-state index contributed by atoms with van der Waals surface area (Å²) in [6, 6.07) is 6.24. The van der Waals surface area contributed by atoms with E-state index in [1.165, 1.54) is 5.56 Å². The lowest BCUT2D eigenvalue weighted by Crippen LogP contribution is -2.37. The number of aryl methyl sites for hydroxylation is 2. The van der Waals surface area contributed by atoms with E-state index < -0.39 is 0 Å². The molecule has 0 radical (unpaired) electrons. The third kappa shape index (κ3) is 5.48.